The third-order valence-corrected chi connectivity index (χ3v) is 3.54. The van der Waals surface area contributed by atoms with Gasteiger partial charge in [0.2, 0.25) is 0 Å². The van der Waals surface area contributed by atoms with Crippen LogP contribution in [0.3, 0.4) is 0 Å². The predicted octanol–water partition coefficient (Wildman–Crippen LogP) is 5.40. The third kappa shape index (κ3) is 2.68. The molecule has 0 saturated heterocycles. The summed E-state index contributed by atoms with van der Waals surface area (Å²) in [4.78, 5) is 0. The second kappa shape index (κ2) is 5.27. The summed E-state index contributed by atoms with van der Waals surface area (Å²) < 4.78 is 0. The second-order valence-corrected chi connectivity index (χ2v) is 5.09. The highest BCUT2D eigenvalue weighted by atomic mass is 14.1. The lowest BCUT2D eigenvalue weighted by molar-refractivity contribution is 1.04. The van der Waals surface area contributed by atoms with Crippen molar-refractivity contribution in [2.45, 2.75) is 19.8 Å². The van der Waals surface area contributed by atoms with Crippen molar-refractivity contribution >= 4 is 5.57 Å². The van der Waals surface area contributed by atoms with Gasteiger partial charge in [0.15, 0.2) is 0 Å². The largest absolute Gasteiger partial charge is 0.0836 e. The van der Waals surface area contributed by atoms with E-state index in [2.05, 4.69) is 73.7 Å². The number of benzene rings is 2. The first-order chi connectivity index (χ1) is 9.33. The fourth-order valence-electron chi connectivity index (χ4n) is 2.53. The SMILES string of the molecule is Cc1cccc(-c2cccc(C3=CCCC=C3)c2)c1. The Morgan fingerprint density at radius 1 is 0.789 bits per heavy atom. The molecule has 0 N–H and O–H groups in total. The van der Waals surface area contributed by atoms with E-state index >= 15 is 0 Å². The molecule has 0 aliphatic heterocycles. The lowest BCUT2D eigenvalue weighted by Gasteiger charge is -2.10. The van der Waals surface area contributed by atoms with Crippen molar-refractivity contribution in [1.29, 1.82) is 0 Å². The van der Waals surface area contributed by atoms with Crippen molar-refractivity contribution in [3.05, 3.63) is 77.9 Å². The monoisotopic (exact) mass is 246 g/mol. The van der Waals surface area contributed by atoms with Crippen LogP contribution in [0.5, 0.6) is 0 Å². The molecular formula is C19H18. The predicted molar refractivity (Wildman–Crippen MR) is 83.0 cm³/mol. The van der Waals surface area contributed by atoms with Gasteiger partial charge in [-0.25, -0.2) is 0 Å². The highest BCUT2D eigenvalue weighted by Crippen LogP contribution is 2.27. The van der Waals surface area contributed by atoms with Gasteiger partial charge in [-0.15, -0.1) is 0 Å². The van der Waals surface area contributed by atoms with Gasteiger partial charge >= 0.3 is 0 Å². The number of hydrogen-bond donors (Lipinski definition) is 0. The Bertz CT molecular complexity index is 645. The summed E-state index contributed by atoms with van der Waals surface area (Å²) in [5.41, 5.74) is 6.55. The van der Waals surface area contributed by atoms with E-state index in [1.54, 1.807) is 0 Å². The molecule has 0 bridgehead atoms. The zero-order valence-electron chi connectivity index (χ0n) is 11.3. The van der Waals surface area contributed by atoms with Crippen LogP contribution in [0.1, 0.15) is 24.0 Å². The first-order valence-electron chi connectivity index (χ1n) is 6.87. The summed E-state index contributed by atoms with van der Waals surface area (Å²) >= 11 is 0. The van der Waals surface area contributed by atoms with E-state index in [0.717, 1.165) is 6.42 Å². The Morgan fingerprint density at radius 2 is 1.53 bits per heavy atom. The summed E-state index contributed by atoms with van der Waals surface area (Å²) in [6.07, 6.45) is 9.14. The van der Waals surface area contributed by atoms with Crippen molar-refractivity contribution < 1.29 is 0 Å². The molecular weight excluding hydrogens is 228 g/mol. The molecule has 1 aliphatic rings. The Kier molecular flexibility index (Phi) is 3.33. The first-order valence-corrected chi connectivity index (χ1v) is 6.87. The molecule has 3 rings (SSSR count). The minimum Gasteiger partial charge on any atom is -0.0836 e. The van der Waals surface area contributed by atoms with Crippen LogP contribution in [0.4, 0.5) is 0 Å². The lowest BCUT2D eigenvalue weighted by Crippen LogP contribution is -1.87. The van der Waals surface area contributed by atoms with Crippen molar-refractivity contribution in [2.24, 2.45) is 0 Å². The lowest BCUT2D eigenvalue weighted by atomic mass is 9.95. The summed E-state index contributed by atoms with van der Waals surface area (Å²) in [5, 5.41) is 0. The molecule has 0 heterocycles. The van der Waals surface area contributed by atoms with Crippen LogP contribution in [0.25, 0.3) is 16.7 Å². The van der Waals surface area contributed by atoms with E-state index in [9.17, 15) is 0 Å². The Labute approximate surface area is 115 Å². The highest BCUT2D eigenvalue weighted by Gasteiger charge is 2.03. The van der Waals surface area contributed by atoms with Gasteiger partial charge in [0.25, 0.3) is 0 Å². The highest BCUT2D eigenvalue weighted by molar-refractivity contribution is 5.78. The van der Waals surface area contributed by atoms with Gasteiger partial charge in [-0.05, 0) is 48.1 Å². The molecule has 2 aromatic carbocycles. The molecule has 0 fully saturated rings. The Morgan fingerprint density at radius 3 is 2.26 bits per heavy atom. The van der Waals surface area contributed by atoms with Gasteiger partial charge < -0.3 is 0 Å². The van der Waals surface area contributed by atoms with E-state index in [1.165, 1.54) is 34.2 Å². The molecule has 2 aromatic rings. The molecule has 0 heteroatoms. The average molecular weight is 246 g/mol. The van der Waals surface area contributed by atoms with Gasteiger partial charge in [0.1, 0.15) is 0 Å². The van der Waals surface area contributed by atoms with Crippen LogP contribution in [0.2, 0.25) is 0 Å². The molecule has 19 heavy (non-hydrogen) atoms. The molecule has 0 radical (unpaired) electrons. The molecule has 0 nitrogen and oxygen atoms in total. The summed E-state index contributed by atoms with van der Waals surface area (Å²) in [5.74, 6) is 0. The van der Waals surface area contributed by atoms with Crippen LogP contribution >= 0.6 is 0 Å². The molecule has 1 aliphatic carbocycles. The van der Waals surface area contributed by atoms with Crippen molar-refractivity contribution in [3.63, 3.8) is 0 Å². The average Bonchev–Trinajstić information content (AvgIpc) is 2.48. The molecule has 0 aromatic heterocycles. The maximum absolute atomic E-state index is 2.33. The van der Waals surface area contributed by atoms with Gasteiger partial charge in [-0.1, -0.05) is 66.3 Å². The standard InChI is InChI=1S/C19H18/c1-15-7-5-10-17(13-15)19-12-6-11-18(14-19)16-8-3-2-4-9-16/h3,5-14H,2,4H2,1H3. The van der Waals surface area contributed by atoms with E-state index in [1.807, 2.05) is 0 Å². The normalized spacial score (nSPS) is 14.3. The van der Waals surface area contributed by atoms with Crippen molar-refractivity contribution in [3.8, 4) is 11.1 Å². The van der Waals surface area contributed by atoms with Gasteiger partial charge in [-0.3, -0.25) is 0 Å². The Balaban J connectivity index is 2.00. The van der Waals surface area contributed by atoms with E-state index in [-0.39, 0.29) is 0 Å². The van der Waals surface area contributed by atoms with Crippen LogP contribution in [0.15, 0.2) is 66.8 Å². The molecule has 0 atom stereocenters. The molecule has 0 unspecified atom stereocenters. The molecule has 0 saturated carbocycles. The van der Waals surface area contributed by atoms with Crippen LogP contribution < -0.4 is 0 Å². The van der Waals surface area contributed by atoms with Crippen molar-refractivity contribution in [1.82, 2.24) is 0 Å². The minimum absolute atomic E-state index is 1.15. The van der Waals surface area contributed by atoms with E-state index in [4.69, 9.17) is 0 Å². The third-order valence-electron chi connectivity index (χ3n) is 3.54. The zero-order chi connectivity index (χ0) is 13.1. The zero-order valence-corrected chi connectivity index (χ0v) is 11.3. The number of rotatable bonds is 2. The topological polar surface area (TPSA) is 0 Å². The fraction of sp³-hybridized carbons (Fsp3) is 0.158. The minimum atomic E-state index is 1.15. The van der Waals surface area contributed by atoms with Crippen LogP contribution in [0, 0.1) is 6.92 Å². The maximum Gasteiger partial charge on any atom is -0.0178 e. The number of allylic oxidation sites excluding steroid dienone is 4. The molecule has 94 valence electrons. The first kappa shape index (κ1) is 12.0. The molecule has 0 amide bonds. The quantitative estimate of drug-likeness (QED) is 0.666. The van der Waals surface area contributed by atoms with Crippen molar-refractivity contribution in [2.75, 3.05) is 0 Å². The van der Waals surface area contributed by atoms with Gasteiger partial charge in [0.05, 0.1) is 0 Å². The fourth-order valence-corrected chi connectivity index (χ4v) is 2.53. The number of hydrogen-bond acceptors (Lipinski definition) is 0. The van der Waals surface area contributed by atoms with E-state index < -0.39 is 0 Å². The summed E-state index contributed by atoms with van der Waals surface area (Å²) in [7, 11) is 0. The van der Waals surface area contributed by atoms with E-state index in [0.29, 0.717) is 0 Å². The second-order valence-electron chi connectivity index (χ2n) is 5.09. The summed E-state index contributed by atoms with van der Waals surface area (Å²) in [6.45, 7) is 2.14. The van der Waals surface area contributed by atoms with Crippen LogP contribution in [-0.4, -0.2) is 0 Å². The van der Waals surface area contributed by atoms with Gasteiger partial charge in [-0.2, -0.15) is 0 Å². The number of aryl methyl sites for hydroxylation is 1. The van der Waals surface area contributed by atoms with Gasteiger partial charge in [0, 0.05) is 0 Å². The maximum atomic E-state index is 2.33. The Hall–Kier alpha value is -2.08. The van der Waals surface area contributed by atoms with Crippen LogP contribution in [-0.2, 0) is 0 Å². The summed E-state index contributed by atoms with van der Waals surface area (Å²) in [6, 6.07) is 17.5. The molecule has 0 spiro atoms. The smallest absolute Gasteiger partial charge is 0.0178 e.